The summed E-state index contributed by atoms with van der Waals surface area (Å²) in [6, 6.07) is 1.69. The van der Waals surface area contributed by atoms with Crippen LogP contribution in [0.1, 0.15) is 5.69 Å². The smallest absolute Gasteiger partial charge is 0.171 e. The molecule has 1 N–H and O–H groups in total. The SMILES string of the molecule is OCc1ccnc(-c2cncs2)n1. The van der Waals surface area contributed by atoms with E-state index in [1.165, 1.54) is 11.3 Å². The average molecular weight is 193 g/mol. The molecule has 0 saturated heterocycles. The second-order valence-electron chi connectivity index (χ2n) is 2.40. The second-order valence-corrected chi connectivity index (χ2v) is 3.28. The standard InChI is InChI=1S/C8H7N3OS/c12-4-6-1-2-10-8(11-6)7-3-9-5-13-7/h1-3,5,12H,4H2. The highest BCUT2D eigenvalue weighted by atomic mass is 32.1. The van der Waals surface area contributed by atoms with Crippen molar-refractivity contribution in [2.75, 3.05) is 0 Å². The second kappa shape index (κ2) is 3.59. The zero-order valence-corrected chi connectivity index (χ0v) is 7.53. The molecule has 0 aliphatic carbocycles. The zero-order chi connectivity index (χ0) is 9.10. The fraction of sp³-hybridized carbons (Fsp3) is 0.125. The van der Waals surface area contributed by atoms with E-state index in [4.69, 9.17) is 5.11 Å². The molecular weight excluding hydrogens is 186 g/mol. The van der Waals surface area contributed by atoms with Crippen LogP contribution in [0.3, 0.4) is 0 Å². The van der Waals surface area contributed by atoms with Gasteiger partial charge >= 0.3 is 0 Å². The minimum absolute atomic E-state index is 0.0612. The van der Waals surface area contributed by atoms with Crippen LogP contribution in [0.2, 0.25) is 0 Å². The first-order valence-electron chi connectivity index (χ1n) is 3.72. The van der Waals surface area contributed by atoms with Gasteiger partial charge in [-0.15, -0.1) is 11.3 Å². The van der Waals surface area contributed by atoms with Gasteiger partial charge in [-0.2, -0.15) is 0 Å². The van der Waals surface area contributed by atoms with Crippen LogP contribution in [0.5, 0.6) is 0 Å². The first-order valence-corrected chi connectivity index (χ1v) is 4.60. The van der Waals surface area contributed by atoms with Crippen LogP contribution in [0.4, 0.5) is 0 Å². The van der Waals surface area contributed by atoms with Crippen molar-refractivity contribution >= 4 is 11.3 Å². The van der Waals surface area contributed by atoms with Crippen LogP contribution < -0.4 is 0 Å². The van der Waals surface area contributed by atoms with E-state index in [9.17, 15) is 0 Å². The minimum Gasteiger partial charge on any atom is -0.390 e. The van der Waals surface area contributed by atoms with Crippen molar-refractivity contribution in [3.8, 4) is 10.7 Å². The van der Waals surface area contributed by atoms with Crippen LogP contribution in [0.15, 0.2) is 24.0 Å². The molecule has 66 valence electrons. The first-order chi connectivity index (χ1) is 6.40. The molecule has 2 rings (SSSR count). The van der Waals surface area contributed by atoms with Crippen molar-refractivity contribution in [3.63, 3.8) is 0 Å². The fourth-order valence-corrected chi connectivity index (χ4v) is 1.49. The molecule has 5 heteroatoms. The van der Waals surface area contributed by atoms with Gasteiger partial charge in [-0.25, -0.2) is 9.97 Å². The molecule has 2 aromatic rings. The average Bonchev–Trinajstić information content (AvgIpc) is 2.71. The Hall–Kier alpha value is -1.33. The van der Waals surface area contributed by atoms with Gasteiger partial charge in [0.1, 0.15) is 0 Å². The lowest BCUT2D eigenvalue weighted by Crippen LogP contribution is -1.92. The molecule has 0 aliphatic heterocycles. The molecule has 13 heavy (non-hydrogen) atoms. The maximum Gasteiger partial charge on any atom is 0.171 e. The molecule has 0 saturated carbocycles. The fourth-order valence-electron chi connectivity index (χ4n) is 0.929. The maximum atomic E-state index is 8.86. The van der Waals surface area contributed by atoms with Crippen LogP contribution in [0.25, 0.3) is 10.7 Å². The number of rotatable bonds is 2. The predicted octanol–water partition coefficient (Wildman–Crippen LogP) is 1.09. The van der Waals surface area contributed by atoms with Gasteiger partial charge in [0.25, 0.3) is 0 Å². The van der Waals surface area contributed by atoms with E-state index in [1.807, 2.05) is 0 Å². The summed E-state index contributed by atoms with van der Waals surface area (Å²) in [6.45, 7) is -0.0612. The topological polar surface area (TPSA) is 58.9 Å². The van der Waals surface area contributed by atoms with Crippen molar-refractivity contribution in [1.29, 1.82) is 0 Å². The Morgan fingerprint density at radius 3 is 3.08 bits per heavy atom. The highest BCUT2D eigenvalue weighted by Crippen LogP contribution is 2.18. The Morgan fingerprint density at radius 2 is 2.38 bits per heavy atom. The van der Waals surface area contributed by atoms with Gasteiger partial charge < -0.3 is 5.11 Å². The van der Waals surface area contributed by atoms with Crippen LogP contribution in [-0.4, -0.2) is 20.1 Å². The number of aliphatic hydroxyl groups excluding tert-OH is 1. The molecule has 0 unspecified atom stereocenters. The lowest BCUT2D eigenvalue weighted by atomic mass is 10.4. The number of hydrogen-bond donors (Lipinski definition) is 1. The molecule has 0 radical (unpaired) electrons. The monoisotopic (exact) mass is 193 g/mol. The van der Waals surface area contributed by atoms with E-state index < -0.39 is 0 Å². The van der Waals surface area contributed by atoms with E-state index in [0.29, 0.717) is 11.5 Å². The number of hydrogen-bond acceptors (Lipinski definition) is 5. The van der Waals surface area contributed by atoms with E-state index in [-0.39, 0.29) is 6.61 Å². The lowest BCUT2D eigenvalue weighted by Gasteiger charge is -1.97. The van der Waals surface area contributed by atoms with Crippen LogP contribution in [0, 0.1) is 0 Å². The van der Waals surface area contributed by atoms with Crippen molar-refractivity contribution in [1.82, 2.24) is 15.0 Å². The van der Waals surface area contributed by atoms with Crippen LogP contribution in [-0.2, 0) is 6.61 Å². The molecule has 0 aromatic carbocycles. The molecule has 2 aromatic heterocycles. The summed E-state index contributed by atoms with van der Waals surface area (Å²) in [6.07, 6.45) is 3.34. The Bertz CT molecular complexity index is 388. The summed E-state index contributed by atoms with van der Waals surface area (Å²) in [7, 11) is 0. The number of aliphatic hydroxyl groups is 1. The summed E-state index contributed by atoms with van der Waals surface area (Å²) < 4.78 is 0. The van der Waals surface area contributed by atoms with Crippen LogP contribution >= 0.6 is 11.3 Å². The van der Waals surface area contributed by atoms with Crippen molar-refractivity contribution in [2.24, 2.45) is 0 Å². The van der Waals surface area contributed by atoms with Gasteiger partial charge in [0.2, 0.25) is 0 Å². The van der Waals surface area contributed by atoms with Gasteiger partial charge in [0.05, 0.1) is 22.7 Å². The van der Waals surface area contributed by atoms with Gasteiger partial charge in [-0.3, -0.25) is 4.98 Å². The summed E-state index contributed by atoms with van der Waals surface area (Å²) in [5.41, 5.74) is 2.35. The molecular formula is C8H7N3OS. The van der Waals surface area contributed by atoms with Gasteiger partial charge in [-0.05, 0) is 6.07 Å². The first kappa shape index (κ1) is 8.28. The molecule has 0 aliphatic rings. The Morgan fingerprint density at radius 1 is 1.46 bits per heavy atom. The lowest BCUT2D eigenvalue weighted by molar-refractivity contribution is 0.277. The normalized spacial score (nSPS) is 10.2. The molecule has 0 spiro atoms. The van der Waals surface area contributed by atoms with Gasteiger partial charge in [-0.1, -0.05) is 0 Å². The van der Waals surface area contributed by atoms with Crippen molar-refractivity contribution in [2.45, 2.75) is 6.61 Å². The summed E-state index contributed by atoms with van der Waals surface area (Å²) in [4.78, 5) is 13.1. The molecule has 0 bridgehead atoms. The summed E-state index contributed by atoms with van der Waals surface area (Å²) in [5.74, 6) is 0.619. The zero-order valence-electron chi connectivity index (χ0n) is 6.71. The molecule has 0 fully saturated rings. The summed E-state index contributed by atoms with van der Waals surface area (Å²) in [5, 5.41) is 8.86. The van der Waals surface area contributed by atoms with Crippen molar-refractivity contribution in [3.05, 3.63) is 29.7 Å². The Balaban J connectivity index is 2.41. The third-order valence-corrected chi connectivity index (χ3v) is 2.30. The molecule has 0 atom stereocenters. The quantitative estimate of drug-likeness (QED) is 0.775. The molecule has 0 amide bonds. The van der Waals surface area contributed by atoms with E-state index in [0.717, 1.165) is 4.88 Å². The number of nitrogens with zero attached hydrogens (tertiary/aromatic N) is 3. The van der Waals surface area contributed by atoms with E-state index >= 15 is 0 Å². The van der Waals surface area contributed by atoms with E-state index in [2.05, 4.69) is 15.0 Å². The largest absolute Gasteiger partial charge is 0.390 e. The summed E-state index contributed by atoms with van der Waals surface area (Å²) >= 11 is 1.48. The van der Waals surface area contributed by atoms with Gasteiger partial charge in [0, 0.05) is 12.4 Å². The van der Waals surface area contributed by atoms with Crippen molar-refractivity contribution < 1.29 is 5.11 Å². The van der Waals surface area contributed by atoms with Gasteiger partial charge in [0.15, 0.2) is 5.82 Å². The minimum atomic E-state index is -0.0612. The number of thiazole rings is 1. The third kappa shape index (κ3) is 1.71. The predicted molar refractivity (Wildman–Crippen MR) is 49.1 cm³/mol. The maximum absolute atomic E-state index is 8.86. The number of aromatic nitrogens is 3. The molecule has 4 nitrogen and oxygen atoms in total. The highest BCUT2D eigenvalue weighted by Gasteiger charge is 2.02. The van der Waals surface area contributed by atoms with E-state index in [1.54, 1.807) is 24.0 Å². The Labute approximate surface area is 78.9 Å². The third-order valence-electron chi connectivity index (χ3n) is 1.53. The Kier molecular flexibility index (Phi) is 2.29. The molecule has 2 heterocycles. The highest BCUT2D eigenvalue weighted by molar-refractivity contribution is 7.13.